The first-order valence-electron chi connectivity index (χ1n) is 9.46. The SMILES string of the molecule is Cc1cnc(C(=O)N2CC[C@@H]3[C@@H](CCC(=O)N3CCc3cnc[nH]3)C2)cn1. The molecule has 1 N–H and O–H groups in total. The second-order valence-corrected chi connectivity index (χ2v) is 7.36. The maximum atomic E-state index is 12.7. The van der Waals surface area contributed by atoms with Crippen molar-refractivity contribution in [3.05, 3.63) is 42.0 Å². The summed E-state index contributed by atoms with van der Waals surface area (Å²) in [6.45, 7) is 3.86. The number of hydrogen-bond acceptors (Lipinski definition) is 5. The third-order valence-electron chi connectivity index (χ3n) is 5.61. The molecule has 2 amide bonds. The minimum atomic E-state index is -0.0677. The maximum Gasteiger partial charge on any atom is 0.274 e. The van der Waals surface area contributed by atoms with Gasteiger partial charge < -0.3 is 14.8 Å². The number of aromatic amines is 1. The predicted molar refractivity (Wildman–Crippen MR) is 97.8 cm³/mol. The molecule has 8 heteroatoms. The summed E-state index contributed by atoms with van der Waals surface area (Å²) in [7, 11) is 0. The topological polar surface area (TPSA) is 95.1 Å². The second kappa shape index (κ2) is 7.46. The first kappa shape index (κ1) is 17.6. The smallest absolute Gasteiger partial charge is 0.274 e. The van der Waals surface area contributed by atoms with E-state index in [1.807, 2.05) is 16.7 Å². The van der Waals surface area contributed by atoms with Crippen LogP contribution in [0.3, 0.4) is 0 Å². The van der Waals surface area contributed by atoms with E-state index in [9.17, 15) is 9.59 Å². The Hall–Kier alpha value is -2.77. The molecule has 2 aromatic heterocycles. The summed E-state index contributed by atoms with van der Waals surface area (Å²) in [5.74, 6) is 0.474. The molecule has 0 aliphatic carbocycles. The zero-order chi connectivity index (χ0) is 18.8. The minimum absolute atomic E-state index is 0.0677. The molecule has 27 heavy (non-hydrogen) atoms. The Kier molecular flexibility index (Phi) is 4.87. The summed E-state index contributed by atoms with van der Waals surface area (Å²) in [4.78, 5) is 44.6. The molecule has 0 bridgehead atoms. The fourth-order valence-corrected chi connectivity index (χ4v) is 4.15. The molecule has 0 spiro atoms. The Balaban J connectivity index is 1.41. The Labute approximate surface area is 158 Å². The highest BCUT2D eigenvalue weighted by Gasteiger charge is 2.40. The lowest BCUT2D eigenvalue weighted by molar-refractivity contribution is -0.140. The van der Waals surface area contributed by atoms with Crippen molar-refractivity contribution in [1.82, 2.24) is 29.7 Å². The summed E-state index contributed by atoms with van der Waals surface area (Å²) < 4.78 is 0. The van der Waals surface area contributed by atoms with Crippen LogP contribution in [0.25, 0.3) is 0 Å². The van der Waals surface area contributed by atoms with Gasteiger partial charge in [0.25, 0.3) is 5.91 Å². The molecule has 0 unspecified atom stereocenters. The predicted octanol–water partition coefficient (Wildman–Crippen LogP) is 1.20. The van der Waals surface area contributed by atoms with E-state index in [4.69, 9.17) is 0 Å². The number of amides is 2. The number of likely N-dealkylation sites (tertiary alicyclic amines) is 2. The number of fused-ring (bicyclic) bond motifs is 1. The van der Waals surface area contributed by atoms with Crippen LogP contribution in [-0.2, 0) is 11.2 Å². The number of rotatable bonds is 4. The zero-order valence-corrected chi connectivity index (χ0v) is 15.5. The van der Waals surface area contributed by atoms with E-state index in [1.165, 1.54) is 0 Å². The highest BCUT2D eigenvalue weighted by Crippen LogP contribution is 2.31. The van der Waals surface area contributed by atoms with Crippen LogP contribution in [0.2, 0.25) is 0 Å². The van der Waals surface area contributed by atoms with Crippen molar-refractivity contribution < 1.29 is 9.59 Å². The van der Waals surface area contributed by atoms with Crippen molar-refractivity contribution in [2.75, 3.05) is 19.6 Å². The Morgan fingerprint density at radius 3 is 2.89 bits per heavy atom. The van der Waals surface area contributed by atoms with Crippen LogP contribution in [0.4, 0.5) is 0 Å². The highest BCUT2D eigenvalue weighted by atomic mass is 16.2. The molecule has 2 atom stereocenters. The molecule has 2 saturated heterocycles. The van der Waals surface area contributed by atoms with Gasteiger partial charge in [-0.2, -0.15) is 0 Å². The number of piperidine rings is 2. The molecule has 4 rings (SSSR count). The molecule has 0 aromatic carbocycles. The van der Waals surface area contributed by atoms with E-state index < -0.39 is 0 Å². The van der Waals surface area contributed by atoms with Gasteiger partial charge in [-0.05, 0) is 25.7 Å². The third-order valence-corrected chi connectivity index (χ3v) is 5.61. The third kappa shape index (κ3) is 3.70. The monoisotopic (exact) mass is 368 g/mol. The Bertz CT molecular complexity index is 804. The van der Waals surface area contributed by atoms with Crippen molar-refractivity contribution in [1.29, 1.82) is 0 Å². The number of carbonyl (C=O) groups excluding carboxylic acids is 2. The van der Waals surface area contributed by atoms with E-state index in [0.717, 1.165) is 30.7 Å². The lowest BCUT2D eigenvalue weighted by Crippen LogP contribution is -2.57. The van der Waals surface area contributed by atoms with Crippen LogP contribution in [0.1, 0.15) is 41.1 Å². The summed E-state index contributed by atoms with van der Waals surface area (Å²) in [6, 6.07) is 0.210. The number of nitrogens with zero attached hydrogens (tertiary/aromatic N) is 5. The summed E-state index contributed by atoms with van der Waals surface area (Å²) >= 11 is 0. The number of H-pyrrole nitrogens is 1. The molecule has 4 heterocycles. The van der Waals surface area contributed by atoms with Gasteiger partial charge in [-0.3, -0.25) is 14.6 Å². The van der Waals surface area contributed by atoms with E-state index in [1.54, 1.807) is 24.9 Å². The summed E-state index contributed by atoms with van der Waals surface area (Å²) in [6.07, 6.45) is 9.61. The van der Waals surface area contributed by atoms with Gasteiger partial charge in [0, 0.05) is 56.6 Å². The quantitative estimate of drug-likeness (QED) is 0.875. The van der Waals surface area contributed by atoms with Gasteiger partial charge in [0.2, 0.25) is 5.91 Å². The average Bonchev–Trinajstić information content (AvgIpc) is 3.20. The summed E-state index contributed by atoms with van der Waals surface area (Å²) in [5.41, 5.74) is 2.22. The van der Waals surface area contributed by atoms with Crippen LogP contribution in [0, 0.1) is 12.8 Å². The van der Waals surface area contributed by atoms with Gasteiger partial charge in [-0.1, -0.05) is 0 Å². The number of hydrogen-bond donors (Lipinski definition) is 1. The van der Waals surface area contributed by atoms with Gasteiger partial charge in [-0.15, -0.1) is 0 Å². The Morgan fingerprint density at radius 1 is 1.26 bits per heavy atom. The molecule has 142 valence electrons. The number of nitrogens with one attached hydrogen (secondary N) is 1. The zero-order valence-electron chi connectivity index (χ0n) is 15.5. The first-order chi connectivity index (χ1) is 13.1. The summed E-state index contributed by atoms with van der Waals surface area (Å²) in [5, 5.41) is 0. The maximum absolute atomic E-state index is 12.7. The van der Waals surface area contributed by atoms with E-state index >= 15 is 0 Å². The average molecular weight is 368 g/mol. The molecule has 2 aliphatic heterocycles. The van der Waals surface area contributed by atoms with Gasteiger partial charge in [0.15, 0.2) is 0 Å². The number of carbonyl (C=O) groups is 2. The van der Waals surface area contributed by atoms with E-state index in [0.29, 0.717) is 37.7 Å². The van der Waals surface area contributed by atoms with Crippen LogP contribution >= 0.6 is 0 Å². The number of aromatic nitrogens is 4. The minimum Gasteiger partial charge on any atom is -0.348 e. The van der Waals surface area contributed by atoms with Crippen LogP contribution < -0.4 is 0 Å². The lowest BCUT2D eigenvalue weighted by Gasteiger charge is -2.47. The van der Waals surface area contributed by atoms with Crippen molar-refractivity contribution in [3.8, 4) is 0 Å². The molecule has 8 nitrogen and oxygen atoms in total. The fraction of sp³-hybridized carbons (Fsp3) is 0.526. The number of imidazole rings is 1. The molecule has 0 saturated carbocycles. The Morgan fingerprint density at radius 2 is 2.15 bits per heavy atom. The van der Waals surface area contributed by atoms with Crippen molar-refractivity contribution in [3.63, 3.8) is 0 Å². The van der Waals surface area contributed by atoms with Gasteiger partial charge in [-0.25, -0.2) is 9.97 Å². The van der Waals surface area contributed by atoms with Crippen LogP contribution in [-0.4, -0.2) is 67.2 Å². The molecular weight excluding hydrogens is 344 g/mol. The van der Waals surface area contributed by atoms with Gasteiger partial charge >= 0.3 is 0 Å². The van der Waals surface area contributed by atoms with Gasteiger partial charge in [0.05, 0.1) is 18.2 Å². The van der Waals surface area contributed by atoms with Crippen LogP contribution in [0.5, 0.6) is 0 Å². The molecule has 2 aliphatic rings. The molecule has 0 radical (unpaired) electrons. The molecule has 2 fully saturated rings. The number of aryl methyl sites for hydroxylation is 1. The highest BCUT2D eigenvalue weighted by molar-refractivity contribution is 5.92. The van der Waals surface area contributed by atoms with Crippen molar-refractivity contribution in [2.24, 2.45) is 5.92 Å². The molecular formula is C19H24N6O2. The second-order valence-electron chi connectivity index (χ2n) is 7.36. The van der Waals surface area contributed by atoms with Crippen molar-refractivity contribution >= 4 is 11.8 Å². The van der Waals surface area contributed by atoms with Gasteiger partial charge in [0.1, 0.15) is 5.69 Å². The fourth-order valence-electron chi connectivity index (χ4n) is 4.15. The van der Waals surface area contributed by atoms with E-state index in [-0.39, 0.29) is 17.9 Å². The van der Waals surface area contributed by atoms with Crippen molar-refractivity contribution in [2.45, 2.75) is 38.6 Å². The lowest BCUT2D eigenvalue weighted by atomic mass is 9.83. The van der Waals surface area contributed by atoms with Crippen LogP contribution in [0.15, 0.2) is 24.9 Å². The normalized spacial score (nSPS) is 22.6. The largest absolute Gasteiger partial charge is 0.348 e. The first-order valence-corrected chi connectivity index (χ1v) is 9.46. The standard InChI is InChI=1S/C19H24N6O2/c1-13-8-22-16(10-21-13)19(27)24-6-5-17-14(11-24)2-3-18(26)25(17)7-4-15-9-20-12-23-15/h8-10,12,14,17H,2-7,11H2,1H3,(H,20,23)/t14-,17+/m0/s1. The molecule has 2 aromatic rings. The van der Waals surface area contributed by atoms with E-state index in [2.05, 4.69) is 19.9 Å².